The van der Waals surface area contributed by atoms with Gasteiger partial charge in [-0.3, -0.25) is 9.59 Å². The Bertz CT molecular complexity index is 781. The lowest BCUT2D eigenvalue weighted by Gasteiger charge is -2.07. The van der Waals surface area contributed by atoms with Gasteiger partial charge in [-0.1, -0.05) is 42.5 Å². The Hall–Kier alpha value is -2.95. The molecule has 1 N–H and O–H groups in total. The molecule has 5 heteroatoms. The molecule has 0 bridgehead atoms. The van der Waals surface area contributed by atoms with Gasteiger partial charge in [0.1, 0.15) is 0 Å². The maximum Gasteiger partial charge on any atom is 0.338 e. The van der Waals surface area contributed by atoms with Crippen LogP contribution in [0.1, 0.15) is 45.2 Å². The standard InChI is InChI=1S/C21H23NO4/c1-15-6-3-4-8-19(15)21(25)26-14-20(24)18-11-9-17(10-12-18)7-5-13-22-16(2)23/h3-4,6,8-12H,5,7,13-14H2,1-2H3,(H,22,23). The van der Waals surface area contributed by atoms with Crippen molar-refractivity contribution in [1.82, 2.24) is 5.32 Å². The zero-order valence-electron chi connectivity index (χ0n) is 15.1. The second kappa shape index (κ2) is 9.51. The van der Waals surface area contributed by atoms with Crippen LogP contribution in [0.25, 0.3) is 0 Å². The summed E-state index contributed by atoms with van der Waals surface area (Å²) < 4.78 is 5.13. The number of esters is 1. The summed E-state index contributed by atoms with van der Waals surface area (Å²) in [6.45, 7) is 3.66. The first-order chi connectivity index (χ1) is 12.5. The molecule has 0 aliphatic rings. The molecular weight excluding hydrogens is 330 g/mol. The van der Waals surface area contributed by atoms with Gasteiger partial charge >= 0.3 is 5.97 Å². The van der Waals surface area contributed by atoms with Gasteiger partial charge in [0, 0.05) is 19.0 Å². The summed E-state index contributed by atoms with van der Waals surface area (Å²) in [5.74, 6) is -0.769. The number of amides is 1. The number of nitrogens with one attached hydrogen (secondary N) is 1. The van der Waals surface area contributed by atoms with E-state index in [1.807, 2.05) is 31.2 Å². The Kier molecular flexibility index (Phi) is 7.09. The first kappa shape index (κ1) is 19.4. The summed E-state index contributed by atoms with van der Waals surface area (Å²) >= 11 is 0. The molecule has 0 spiro atoms. The highest BCUT2D eigenvalue weighted by Gasteiger charge is 2.13. The van der Waals surface area contributed by atoms with Crippen molar-refractivity contribution in [2.75, 3.05) is 13.2 Å². The van der Waals surface area contributed by atoms with Gasteiger partial charge in [0.05, 0.1) is 5.56 Å². The van der Waals surface area contributed by atoms with Crippen molar-refractivity contribution in [2.45, 2.75) is 26.7 Å². The number of ether oxygens (including phenoxy) is 1. The lowest BCUT2D eigenvalue weighted by Crippen LogP contribution is -2.21. The van der Waals surface area contributed by atoms with Crippen LogP contribution in [0.3, 0.4) is 0 Å². The topological polar surface area (TPSA) is 72.5 Å². The van der Waals surface area contributed by atoms with Crippen LogP contribution < -0.4 is 5.32 Å². The summed E-state index contributed by atoms with van der Waals surface area (Å²) in [5.41, 5.74) is 2.88. The largest absolute Gasteiger partial charge is 0.454 e. The fourth-order valence-corrected chi connectivity index (χ4v) is 2.51. The molecular formula is C21H23NO4. The molecule has 0 fully saturated rings. The number of aryl methyl sites for hydroxylation is 2. The third-order valence-corrected chi connectivity index (χ3v) is 3.99. The van der Waals surface area contributed by atoms with E-state index in [-0.39, 0.29) is 18.3 Å². The van der Waals surface area contributed by atoms with Gasteiger partial charge in [0.15, 0.2) is 12.4 Å². The first-order valence-electron chi connectivity index (χ1n) is 8.56. The molecule has 0 radical (unpaired) electrons. The van der Waals surface area contributed by atoms with E-state index in [1.54, 1.807) is 24.3 Å². The molecule has 1 amide bonds. The van der Waals surface area contributed by atoms with Crippen molar-refractivity contribution in [1.29, 1.82) is 0 Å². The van der Waals surface area contributed by atoms with E-state index in [1.165, 1.54) is 6.92 Å². The molecule has 0 aliphatic heterocycles. The number of carbonyl (C=O) groups excluding carboxylic acids is 3. The van der Waals surface area contributed by atoms with E-state index < -0.39 is 5.97 Å². The van der Waals surface area contributed by atoms with Gasteiger partial charge < -0.3 is 10.1 Å². The fourth-order valence-electron chi connectivity index (χ4n) is 2.51. The van der Waals surface area contributed by atoms with Crippen molar-refractivity contribution in [3.8, 4) is 0 Å². The highest BCUT2D eigenvalue weighted by Crippen LogP contribution is 2.11. The Labute approximate surface area is 153 Å². The van der Waals surface area contributed by atoms with Gasteiger partial charge in [-0.15, -0.1) is 0 Å². The molecule has 5 nitrogen and oxygen atoms in total. The van der Waals surface area contributed by atoms with Crippen LogP contribution in [-0.2, 0) is 16.0 Å². The van der Waals surface area contributed by atoms with Gasteiger partial charge in [-0.25, -0.2) is 4.79 Å². The smallest absolute Gasteiger partial charge is 0.338 e. The maximum absolute atomic E-state index is 12.2. The van der Waals surface area contributed by atoms with Crippen molar-refractivity contribution in [3.63, 3.8) is 0 Å². The minimum Gasteiger partial charge on any atom is -0.454 e. The summed E-state index contributed by atoms with van der Waals surface area (Å²) in [6, 6.07) is 14.3. The van der Waals surface area contributed by atoms with Crippen LogP contribution in [0.15, 0.2) is 48.5 Å². The highest BCUT2D eigenvalue weighted by molar-refractivity contribution is 5.99. The number of carbonyl (C=O) groups is 3. The second-order valence-corrected chi connectivity index (χ2v) is 6.10. The van der Waals surface area contributed by atoms with Crippen molar-refractivity contribution in [2.24, 2.45) is 0 Å². The number of Topliss-reactive ketones (excluding diaryl/α,β-unsaturated/α-hetero) is 1. The SMILES string of the molecule is CC(=O)NCCCc1ccc(C(=O)COC(=O)c2ccccc2C)cc1. The molecule has 2 aromatic rings. The molecule has 0 unspecified atom stereocenters. The van der Waals surface area contributed by atoms with E-state index in [4.69, 9.17) is 4.74 Å². The third-order valence-electron chi connectivity index (χ3n) is 3.99. The van der Waals surface area contributed by atoms with E-state index in [0.29, 0.717) is 17.7 Å². The van der Waals surface area contributed by atoms with Gasteiger partial charge in [-0.2, -0.15) is 0 Å². The quantitative estimate of drug-likeness (QED) is 0.450. The zero-order chi connectivity index (χ0) is 18.9. The second-order valence-electron chi connectivity index (χ2n) is 6.10. The van der Waals surface area contributed by atoms with Crippen LogP contribution in [-0.4, -0.2) is 30.8 Å². The molecule has 0 aromatic heterocycles. The van der Waals surface area contributed by atoms with Gasteiger partial charge in [-0.05, 0) is 37.0 Å². The predicted molar refractivity (Wildman–Crippen MR) is 99.2 cm³/mol. The van der Waals surface area contributed by atoms with E-state index >= 15 is 0 Å². The predicted octanol–water partition coefficient (Wildman–Crippen LogP) is 3.10. The van der Waals surface area contributed by atoms with Crippen LogP contribution in [0.4, 0.5) is 0 Å². The normalized spacial score (nSPS) is 10.2. The highest BCUT2D eigenvalue weighted by atomic mass is 16.5. The molecule has 0 aliphatic carbocycles. The summed E-state index contributed by atoms with van der Waals surface area (Å²) in [7, 11) is 0. The Morgan fingerprint density at radius 1 is 1.00 bits per heavy atom. The first-order valence-corrected chi connectivity index (χ1v) is 8.56. The Balaban J connectivity index is 1.83. The number of rotatable bonds is 8. The summed E-state index contributed by atoms with van der Waals surface area (Å²) in [6.07, 6.45) is 1.65. The van der Waals surface area contributed by atoms with Crippen molar-refractivity contribution < 1.29 is 19.1 Å². The molecule has 0 saturated carbocycles. The lowest BCUT2D eigenvalue weighted by molar-refractivity contribution is -0.118. The monoisotopic (exact) mass is 353 g/mol. The van der Waals surface area contributed by atoms with Crippen LogP contribution >= 0.6 is 0 Å². The molecule has 2 aromatic carbocycles. The van der Waals surface area contributed by atoms with Gasteiger partial charge in [0.2, 0.25) is 5.91 Å². The zero-order valence-corrected chi connectivity index (χ0v) is 15.1. The van der Waals surface area contributed by atoms with Crippen LogP contribution in [0, 0.1) is 6.92 Å². The molecule has 2 rings (SSSR count). The minimum absolute atomic E-state index is 0.0359. The van der Waals surface area contributed by atoms with Crippen LogP contribution in [0.5, 0.6) is 0 Å². The van der Waals surface area contributed by atoms with Crippen molar-refractivity contribution >= 4 is 17.7 Å². The molecule has 0 saturated heterocycles. The fraction of sp³-hybridized carbons (Fsp3) is 0.286. The van der Waals surface area contributed by atoms with E-state index in [2.05, 4.69) is 5.32 Å². The average molecular weight is 353 g/mol. The third kappa shape index (κ3) is 5.84. The van der Waals surface area contributed by atoms with E-state index in [9.17, 15) is 14.4 Å². The number of hydrogen-bond donors (Lipinski definition) is 1. The molecule has 0 heterocycles. The van der Waals surface area contributed by atoms with Gasteiger partial charge in [0.25, 0.3) is 0 Å². The maximum atomic E-state index is 12.2. The summed E-state index contributed by atoms with van der Waals surface area (Å²) in [4.78, 5) is 35.0. The molecule has 0 atom stereocenters. The lowest BCUT2D eigenvalue weighted by atomic mass is 10.1. The van der Waals surface area contributed by atoms with E-state index in [0.717, 1.165) is 24.0 Å². The Morgan fingerprint density at radius 3 is 2.35 bits per heavy atom. The Morgan fingerprint density at radius 2 is 1.69 bits per heavy atom. The molecule has 136 valence electrons. The van der Waals surface area contributed by atoms with Crippen LogP contribution in [0.2, 0.25) is 0 Å². The number of ketones is 1. The number of benzene rings is 2. The minimum atomic E-state index is -0.494. The summed E-state index contributed by atoms with van der Waals surface area (Å²) in [5, 5.41) is 2.75. The van der Waals surface area contributed by atoms with Crippen molar-refractivity contribution in [3.05, 3.63) is 70.8 Å². The average Bonchev–Trinajstić information content (AvgIpc) is 2.63. The number of hydrogen-bond acceptors (Lipinski definition) is 4. The molecule has 26 heavy (non-hydrogen) atoms.